The summed E-state index contributed by atoms with van der Waals surface area (Å²) in [6, 6.07) is 0.421. The van der Waals surface area contributed by atoms with E-state index in [9.17, 15) is 19.2 Å². The lowest BCUT2D eigenvalue weighted by Gasteiger charge is -2.58. The molecule has 59 heavy (non-hydrogen) atoms. The van der Waals surface area contributed by atoms with Gasteiger partial charge < -0.3 is 25.7 Å². The number of rotatable bonds is 21. The van der Waals surface area contributed by atoms with Crippen molar-refractivity contribution >= 4 is 23.5 Å². The molecular weight excluding hydrogens is 743 g/mol. The highest BCUT2D eigenvalue weighted by Gasteiger charge is 2.53. The summed E-state index contributed by atoms with van der Waals surface area (Å²) in [4.78, 5) is 59.7. The Morgan fingerprint density at radius 1 is 0.814 bits per heavy atom. The summed E-state index contributed by atoms with van der Waals surface area (Å²) in [5, 5.41) is 21.9. The molecule has 1 unspecified atom stereocenters. The van der Waals surface area contributed by atoms with Crippen molar-refractivity contribution in [3.63, 3.8) is 0 Å². The number of aliphatic hydroxyl groups excluding tert-OH is 2. The normalized spacial score (nSPS) is 15.8. The molecule has 1 aliphatic heterocycles. The Morgan fingerprint density at radius 3 is 1.71 bits per heavy atom. The first-order chi connectivity index (χ1) is 26.4. The summed E-state index contributed by atoms with van der Waals surface area (Å²) >= 11 is 0. The molecule has 1 saturated heterocycles. The second kappa shape index (κ2) is 23.6. The maximum Gasteiger partial charge on any atom is 0.227 e. The van der Waals surface area contributed by atoms with E-state index in [4.69, 9.17) is 10.2 Å². The molecule has 3 amide bonds. The molecule has 0 radical (unpaired) electrons. The topological polar surface area (TPSA) is 143 Å². The summed E-state index contributed by atoms with van der Waals surface area (Å²) in [5.41, 5.74) is -3.14. The molecule has 1 aliphatic rings. The minimum absolute atomic E-state index is 0.00513. The molecule has 11 heteroatoms. The molecule has 0 spiro atoms. The molecule has 0 aromatic carbocycles. The lowest BCUT2D eigenvalue weighted by atomic mass is 9.68. The van der Waals surface area contributed by atoms with E-state index in [1.54, 1.807) is 13.8 Å². The number of carbonyl (C=O) groups is 4. The number of amides is 3. The number of ketones is 1. The van der Waals surface area contributed by atoms with Gasteiger partial charge in [-0.3, -0.25) is 29.0 Å². The van der Waals surface area contributed by atoms with E-state index in [0.29, 0.717) is 51.4 Å². The lowest BCUT2D eigenvalue weighted by molar-refractivity contribution is -0.149. The van der Waals surface area contributed by atoms with Gasteiger partial charge in [-0.1, -0.05) is 55.0 Å². The first-order valence-corrected chi connectivity index (χ1v) is 22.2. The highest BCUT2D eigenvalue weighted by molar-refractivity contribution is 5.84. The number of likely N-dealkylation sites (N-methyl/N-ethyl adjacent to an activating group) is 1. The molecule has 1 rings (SSSR count). The number of Topliss-reactive ketones (excluding diaryl/α,β-unsaturated/α-hetero) is 1. The fourth-order valence-electron chi connectivity index (χ4n) is 9.23. The van der Waals surface area contributed by atoms with Crippen LogP contribution in [0.25, 0.3) is 0 Å². The molecule has 0 aromatic rings. The first kappa shape index (κ1) is 58.6. The van der Waals surface area contributed by atoms with Gasteiger partial charge >= 0.3 is 0 Å². The molecule has 1 fully saturated rings. The van der Waals surface area contributed by atoms with Crippen LogP contribution in [0.2, 0.25) is 0 Å². The van der Waals surface area contributed by atoms with Gasteiger partial charge in [0.15, 0.2) is 0 Å². The molecule has 1 atom stereocenters. The molecule has 1 heterocycles. The monoisotopic (exact) mass is 838 g/mol. The highest BCUT2D eigenvalue weighted by Crippen LogP contribution is 2.45. The molecule has 0 aliphatic carbocycles. The number of carbonyl (C=O) groups excluding carboxylic acids is 4. The van der Waals surface area contributed by atoms with Crippen LogP contribution >= 0.6 is 0 Å². The van der Waals surface area contributed by atoms with Crippen molar-refractivity contribution in [2.24, 2.45) is 21.7 Å². The Hall–Kier alpha value is -2.50. The standard InChI is InChI=1S/C43H83N5O4.C3H8O.C2H4O/c1-20-33(49)26-37(5,6)27-38(7,8)29-44-36(52)42(15,16)43(17,18)48(31(2)3)40(11,12)28-39(9,10)35(51)45-30-41(13,14)46(19)25-23-34(50)47-24-21-22-32(47)4;1-3(2)4;1-2-3/h31-32H,20-30H2,1-19H3,(H,44,52)(H,45,51);3-4H,1-2H3;2-3H,1H2. The number of hydrogen-bond acceptors (Lipinski definition) is 8. The van der Waals surface area contributed by atoms with Gasteiger partial charge in [-0.05, 0) is 134 Å². The predicted octanol–water partition coefficient (Wildman–Crippen LogP) is 8.93. The minimum Gasteiger partial charge on any atom is -0.516 e. The number of hydrogen-bond donors (Lipinski definition) is 4. The van der Waals surface area contributed by atoms with Gasteiger partial charge in [0.1, 0.15) is 5.78 Å². The first-order valence-electron chi connectivity index (χ1n) is 22.2. The van der Waals surface area contributed by atoms with E-state index < -0.39 is 21.9 Å². The smallest absolute Gasteiger partial charge is 0.227 e. The van der Waals surface area contributed by atoms with Gasteiger partial charge in [0.05, 0.1) is 11.7 Å². The van der Waals surface area contributed by atoms with Gasteiger partial charge in [0.25, 0.3) is 0 Å². The van der Waals surface area contributed by atoms with Crippen LogP contribution in [0.3, 0.4) is 0 Å². The lowest BCUT2D eigenvalue weighted by Crippen LogP contribution is -2.68. The van der Waals surface area contributed by atoms with Crippen molar-refractivity contribution in [2.75, 3.05) is 33.2 Å². The van der Waals surface area contributed by atoms with Crippen LogP contribution < -0.4 is 10.6 Å². The van der Waals surface area contributed by atoms with E-state index in [1.165, 1.54) is 0 Å². The second-order valence-electron chi connectivity index (χ2n) is 22.3. The number of nitrogens with one attached hydrogen (secondary N) is 2. The molecule has 0 bridgehead atoms. The van der Waals surface area contributed by atoms with Crippen LogP contribution in [-0.4, -0.2) is 116 Å². The van der Waals surface area contributed by atoms with Crippen molar-refractivity contribution in [1.29, 1.82) is 0 Å². The molecule has 0 saturated carbocycles. The van der Waals surface area contributed by atoms with Crippen molar-refractivity contribution in [3.05, 3.63) is 12.8 Å². The van der Waals surface area contributed by atoms with Crippen molar-refractivity contribution in [3.8, 4) is 0 Å². The largest absolute Gasteiger partial charge is 0.516 e. The van der Waals surface area contributed by atoms with Crippen LogP contribution in [0.1, 0.15) is 183 Å². The van der Waals surface area contributed by atoms with Gasteiger partial charge in [0.2, 0.25) is 17.7 Å². The predicted molar refractivity (Wildman–Crippen MR) is 247 cm³/mol. The fraction of sp³-hybridized carbons (Fsp3) is 0.875. The number of likely N-dealkylation sites (tertiary alicyclic amines) is 1. The van der Waals surface area contributed by atoms with Crippen LogP contribution in [0.15, 0.2) is 12.8 Å². The average molecular weight is 838 g/mol. The van der Waals surface area contributed by atoms with Crippen LogP contribution in [-0.2, 0) is 19.2 Å². The van der Waals surface area contributed by atoms with Gasteiger partial charge in [0, 0.05) is 85.7 Å². The molecular formula is C48H95N5O6. The third kappa shape index (κ3) is 19.4. The van der Waals surface area contributed by atoms with Crippen LogP contribution in [0.5, 0.6) is 0 Å². The van der Waals surface area contributed by atoms with Crippen molar-refractivity contribution < 1.29 is 29.4 Å². The maximum atomic E-state index is 14.1. The van der Waals surface area contributed by atoms with E-state index >= 15 is 0 Å². The number of nitrogens with zero attached hydrogens (tertiary/aromatic N) is 3. The van der Waals surface area contributed by atoms with E-state index in [-0.39, 0.29) is 52.0 Å². The van der Waals surface area contributed by atoms with Gasteiger partial charge in [-0.2, -0.15) is 0 Å². The van der Waals surface area contributed by atoms with Gasteiger partial charge in [-0.25, -0.2) is 0 Å². The summed E-state index contributed by atoms with van der Waals surface area (Å²) in [7, 11) is 2.03. The minimum atomic E-state index is -0.770. The zero-order valence-electron chi connectivity index (χ0n) is 42.2. The maximum absolute atomic E-state index is 14.1. The Balaban J connectivity index is 0. The fourth-order valence-corrected chi connectivity index (χ4v) is 9.23. The third-order valence-electron chi connectivity index (χ3n) is 12.4. The molecule has 348 valence electrons. The summed E-state index contributed by atoms with van der Waals surface area (Å²) in [5.74, 6) is 0.471. The van der Waals surface area contributed by atoms with Crippen LogP contribution in [0.4, 0.5) is 0 Å². The van der Waals surface area contributed by atoms with E-state index in [2.05, 4.69) is 117 Å². The molecule has 4 N–H and O–H groups in total. The van der Waals surface area contributed by atoms with Crippen molar-refractivity contribution in [1.82, 2.24) is 25.3 Å². The Bertz CT molecular complexity index is 1330. The summed E-state index contributed by atoms with van der Waals surface area (Å²) < 4.78 is 0. The highest BCUT2D eigenvalue weighted by atomic mass is 16.3. The number of aliphatic hydroxyl groups is 2. The SMILES string of the molecule is C=CO.CC(C)O.CCC(=O)CC(C)(C)CC(C)(C)CNC(=O)C(C)(C)C(C)(C)N(C(C)C)C(C)(C)CC(C)(C)C(=O)NCC(C)(C)N(C)CCC(=O)N1CCCC1C. The molecule has 11 nitrogen and oxygen atoms in total. The summed E-state index contributed by atoms with van der Waals surface area (Å²) in [6.07, 6.45) is 5.71. The van der Waals surface area contributed by atoms with Crippen molar-refractivity contribution in [2.45, 2.75) is 218 Å². The Kier molecular flexibility index (Phi) is 23.5. The zero-order chi connectivity index (χ0) is 47.2. The van der Waals surface area contributed by atoms with Crippen LogP contribution in [0, 0.1) is 21.7 Å². The third-order valence-corrected chi connectivity index (χ3v) is 12.4. The Morgan fingerprint density at radius 2 is 1.29 bits per heavy atom. The quantitative estimate of drug-likeness (QED) is 0.0841. The van der Waals surface area contributed by atoms with E-state index in [0.717, 1.165) is 32.1 Å². The Labute approximate surface area is 363 Å². The average Bonchev–Trinajstić information content (AvgIpc) is 3.48. The second-order valence-corrected chi connectivity index (χ2v) is 22.3. The molecule has 0 aromatic heterocycles. The van der Waals surface area contributed by atoms with E-state index in [1.807, 2.05) is 46.6 Å². The zero-order valence-corrected chi connectivity index (χ0v) is 42.2. The van der Waals surface area contributed by atoms with Gasteiger partial charge in [-0.15, -0.1) is 0 Å². The summed E-state index contributed by atoms with van der Waals surface area (Å²) in [6.45, 7) is 46.8.